The molecule has 1 fully saturated rings. The van der Waals surface area contributed by atoms with Gasteiger partial charge in [-0.05, 0) is 6.92 Å². The van der Waals surface area contributed by atoms with E-state index in [9.17, 15) is 4.79 Å². The Morgan fingerprint density at radius 1 is 1.61 bits per heavy atom. The van der Waals surface area contributed by atoms with Gasteiger partial charge < -0.3 is 10.6 Å². The van der Waals surface area contributed by atoms with Crippen LogP contribution in [0.5, 0.6) is 0 Å². The molecule has 1 atom stereocenters. The fraction of sp³-hybridized carbons (Fsp3) is 0.417. The van der Waals surface area contributed by atoms with Gasteiger partial charge in [-0.15, -0.1) is 0 Å². The Kier molecular flexibility index (Phi) is 2.71. The Morgan fingerprint density at radius 2 is 2.50 bits per heavy atom. The largest absolute Gasteiger partial charge is 0.354 e. The summed E-state index contributed by atoms with van der Waals surface area (Å²) in [7, 11) is 0. The van der Waals surface area contributed by atoms with Gasteiger partial charge in [0, 0.05) is 49.6 Å². The van der Waals surface area contributed by atoms with Crippen LogP contribution in [0.15, 0.2) is 18.5 Å². The quantitative estimate of drug-likeness (QED) is 0.799. The molecule has 1 unspecified atom stereocenters. The number of carbonyl (C=O) groups excluding carboxylic acids is 1. The molecule has 6 nitrogen and oxygen atoms in total. The summed E-state index contributed by atoms with van der Waals surface area (Å²) >= 11 is 0. The first-order valence-electron chi connectivity index (χ1n) is 6.02. The van der Waals surface area contributed by atoms with E-state index in [0.29, 0.717) is 19.5 Å². The third-order valence-corrected chi connectivity index (χ3v) is 3.06. The molecule has 2 aromatic heterocycles. The monoisotopic (exact) mass is 245 g/mol. The van der Waals surface area contributed by atoms with Crippen molar-refractivity contribution in [3.8, 4) is 0 Å². The molecular formula is C12H15N5O. The number of rotatable bonds is 3. The van der Waals surface area contributed by atoms with Gasteiger partial charge >= 0.3 is 0 Å². The van der Waals surface area contributed by atoms with Crippen LogP contribution in [0.25, 0.3) is 5.65 Å². The highest BCUT2D eigenvalue weighted by atomic mass is 16.1. The van der Waals surface area contributed by atoms with Crippen LogP contribution in [-0.4, -0.2) is 33.1 Å². The minimum atomic E-state index is 0.115. The summed E-state index contributed by atoms with van der Waals surface area (Å²) in [5.41, 5.74) is 2.87. The van der Waals surface area contributed by atoms with Gasteiger partial charge in [0.25, 0.3) is 0 Å². The predicted molar refractivity (Wildman–Crippen MR) is 66.0 cm³/mol. The molecule has 1 amide bonds. The average Bonchev–Trinajstić information content (AvgIpc) is 2.90. The fourth-order valence-electron chi connectivity index (χ4n) is 2.14. The van der Waals surface area contributed by atoms with Gasteiger partial charge in [-0.3, -0.25) is 4.79 Å². The van der Waals surface area contributed by atoms with Crippen molar-refractivity contribution in [2.24, 2.45) is 0 Å². The summed E-state index contributed by atoms with van der Waals surface area (Å²) in [5, 5.41) is 10.5. The molecule has 2 aromatic rings. The minimum Gasteiger partial charge on any atom is -0.354 e. The Hall–Kier alpha value is -1.95. The van der Waals surface area contributed by atoms with Crippen LogP contribution in [0.1, 0.15) is 17.7 Å². The Bertz CT molecular complexity index is 591. The number of aromatic nitrogens is 3. The van der Waals surface area contributed by atoms with E-state index >= 15 is 0 Å². The molecule has 0 saturated carbocycles. The van der Waals surface area contributed by atoms with Crippen molar-refractivity contribution in [2.45, 2.75) is 25.9 Å². The summed E-state index contributed by atoms with van der Waals surface area (Å²) in [6.45, 7) is 3.35. The second-order valence-electron chi connectivity index (χ2n) is 4.64. The molecule has 18 heavy (non-hydrogen) atoms. The van der Waals surface area contributed by atoms with Crippen LogP contribution < -0.4 is 10.6 Å². The minimum absolute atomic E-state index is 0.115. The normalized spacial score (nSPS) is 19.4. The van der Waals surface area contributed by atoms with Crippen LogP contribution in [0.2, 0.25) is 0 Å². The number of amides is 1. The van der Waals surface area contributed by atoms with E-state index in [1.165, 1.54) is 0 Å². The first kappa shape index (κ1) is 11.2. The average molecular weight is 245 g/mol. The summed E-state index contributed by atoms with van der Waals surface area (Å²) < 4.78 is 1.78. The summed E-state index contributed by atoms with van der Waals surface area (Å²) in [5.74, 6) is 0.115. The van der Waals surface area contributed by atoms with Gasteiger partial charge in [-0.1, -0.05) is 0 Å². The fourth-order valence-corrected chi connectivity index (χ4v) is 2.14. The molecule has 94 valence electrons. The Balaban J connectivity index is 1.68. The molecule has 0 aliphatic carbocycles. The highest BCUT2D eigenvalue weighted by Crippen LogP contribution is 2.06. The zero-order valence-electron chi connectivity index (χ0n) is 10.2. The first-order chi connectivity index (χ1) is 8.70. The number of hydrogen-bond donors (Lipinski definition) is 2. The second-order valence-corrected chi connectivity index (χ2v) is 4.64. The molecule has 6 heteroatoms. The maximum Gasteiger partial charge on any atom is 0.221 e. The topological polar surface area (TPSA) is 71.3 Å². The van der Waals surface area contributed by atoms with Crippen molar-refractivity contribution in [1.29, 1.82) is 0 Å². The number of nitrogens with one attached hydrogen (secondary N) is 2. The highest BCUT2D eigenvalue weighted by molar-refractivity contribution is 5.78. The van der Waals surface area contributed by atoms with E-state index in [0.717, 1.165) is 16.9 Å². The van der Waals surface area contributed by atoms with Crippen LogP contribution in [0, 0.1) is 6.92 Å². The van der Waals surface area contributed by atoms with Gasteiger partial charge in [-0.25, -0.2) is 9.50 Å². The number of nitrogens with zero attached hydrogens (tertiary/aromatic N) is 3. The van der Waals surface area contributed by atoms with Gasteiger partial charge in [0.1, 0.15) is 0 Å². The molecule has 0 spiro atoms. The van der Waals surface area contributed by atoms with E-state index in [2.05, 4.69) is 20.7 Å². The van der Waals surface area contributed by atoms with Crippen LogP contribution >= 0.6 is 0 Å². The van der Waals surface area contributed by atoms with Crippen LogP contribution in [0.3, 0.4) is 0 Å². The highest BCUT2D eigenvalue weighted by Gasteiger charge is 2.20. The van der Waals surface area contributed by atoms with Gasteiger partial charge in [0.15, 0.2) is 5.65 Å². The lowest BCUT2D eigenvalue weighted by Gasteiger charge is -2.09. The second kappa shape index (κ2) is 4.38. The van der Waals surface area contributed by atoms with E-state index in [4.69, 9.17) is 0 Å². The molecule has 3 rings (SSSR count). The lowest BCUT2D eigenvalue weighted by molar-refractivity contribution is -0.119. The van der Waals surface area contributed by atoms with Gasteiger partial charge in [-0.2, -0.15) is 5.10 Å². The summed E-state index contributed by atoms with van der Waals surface area (Å²) in [4.78, 5) is 15.4. The zero-order valence-corrected chi connectivity index (χ0v) is 10.2. The molecule has 1 saturated heterocycles. The molecule has 3 heterocycles. The predicted octanol–water partition coefficient (Wildman–Crippen LogP) is 0.0158. The van der Waals surface area contributed by atoms with Crippen molar-refractivity contribution in [2.75, 3.05) is 6.54 Å². The van der Waals surface area contributed by atoms with Gasteiger partial charge in [0.2, 0.25) is 5.91 Å². The maximum absolute atomic E-state index is 11.1. The molecule has 1 aliphatic rings. The number of carbonyl (C=O) groups is 1. The van der Waals surface area contributed by atoms with Crippen molar-refractivity contribution in [3.05, 3.63) is 29.7 Å². The standard InChI is InChI=1S/C12H15N5O/c1-8-2-11-14-5-9(7-17(11)16-8)4-13-10-3-12(18)15-6-10/h2,5,7,10,13H,3-4,6H2,1H3,(H,15,18). The van der Waals surface area contributed by atoms with E-state index < -0.39 is 0 Å². The van der Waals surface area contributed by atoms with Crippen molar-refractivity contribution < 1.29 is 4.79 Å². The number of hydrogen-bond acceptors (Lipinski definition) is 4. The third kappa shape index (κ3) is 2.19. The molecular weight excluding hydrogens is 230 g/mol. The van der Waals surface area contributed by atoms with Gasteiger partial charge in [0.05, 0.1) is 5.69 Å². The number of fused-ring (bicyclic) bond motifs is 1. The van der Waals surface area contributed by atoms with Crippen LogP contribution in [-0.2, 0) is 11.3 Å². The molecule has 0 radical (unpaired) electrons. The Labute approximate surface area is 104 Å². The maximum atomic E-state index is 11.1. The zero-order chi connectivity index (χ0) is 12.5. The number of aryl methyl sites for hydroxylation is 1. The van der Waals surface area contributed by atoms with E-state index in [1.54, 1.807) is 4.52 Å². The van der Waals surface area contributed by atoms with Crippen molar-refractivity contribution in [3.63, 3.8) is 0 Å². The first-order valence-corrected chi connectivity index (χ1v) is 6.02. The van der Waals surface area contributed by atoms with E-state index in [-0.39, 0.29) is 11.9 Å². The lowest BCUT2D eigenvalue weighted by atomic mass is 10.2. The van der Waals surface area contributed by atoms with E-state index in [1.807, 2.05) is 25.4 Å². The SMILES string of the molecule is Cc1cc2ncc(CNC3CNC(=O)C3)cn2n1. The molecule has 2 N–H and O–H groups in total. The lowest BCUT2D eigenvalue weighted by Crippen LogP contribution is -2.30. The van der Waals surface area contributed by atoms with Crippen molar-refractivity contribution in [1.82, 2.24) is 25.2 Å². The molecule has 0 bridgehead atoms. The molecule has 0 aromatic carbocycles. The van der Waals surface area contributed by atoms with Crippen LogP contribution in [0.4, 0.5) is 0 Å². The third-order valence-electron chi connectivity index (χ3n) is 3.06. The smallest absolute Gasteiger partial charge is 0.221 e. The molecule has 1 aliphatic heterocycles. The summed E-state index contributed by atoms with van der Waals surface area (Å²) in [6, 6.07) is 2.16. The Morgan fingerprint density at radius 3 is 3.28 bits per heavy atom. The van der Waals surface area contributed by atoms with Crippen molar-refractivity contribution >= 4 is 11.6 Å². The summed E-state index contributed by atoms with van der Waals surface area (Å²) in [6.07, 6.45) is 4.36.